The molecule has 2 aromatic rings. The summed E-state index contributed by atoms with van der Waals surface area (Å²) in [7, 11) is 1.65. The molecule has 0 aliphatic carbocycles. The Morgan fingerprint density at radius 3 is 2.67 bits per heavy atom. The summed E-state index contributed by atoms with van der Waals surface area (Å²) in [6.45, 7) is 2.37. The topological polar surface area (TPSA) is 60.4 Å². The van der Waals surface area contributed by atoms with Gasteiger partial charge in [-0.25, -0.2) is 0 Å². The summed E-state index contributed by atoms with van der Waals surface area (Å²) >= 11 is 0. The van der Waals surface area contributed by atoms with Crippen LogP contribution in [0.15, 0.2) is 40.8 Å². The Labute approximate surface area is 107 Å². The standard InChI is InChI=1S/C14H18N2O2/c1-10-7-8-14(18-10)12(9-15)16-11-5-3-4-6-13(11)17-2/h3-8,12,16H,9,15H2,1-2H3. The zero-order valence-corrected chi connectivity index (χ0v) is 10.6. The number of nitrogens with two attached hydrogens (primary N) is 1. The van der Waals surface area contributed by atoms with E-state index >= 15 is 0 Å². The number of aryl methyl sites for hydroxylation is 1. The van der Waals surface area contributed by atoms with Crippen molar-refractivity contribution in [3.05, 3.63) is 47.9 Å². The molecule has 18 heavy (non-hydrogen) atoms. The molecule has 0 saturated carbocycles. The summed E-state index contributed by atoms with van der Waals surface area (Å²) in [6, 6.07) is 11.6. The number of para-hydroxylation sites is 2. The summed E-state index contributed by atoms with van der Waals surface area (Å²) in [5.74, 6) is 2.51. The highest BCUT2D eigenvalue weighted by Crippen LogP contribution is 2.28. The van der Waals surface area contributed by atoms with Crippen molar-refractivity contribution in [3.8, 4) is 5.75 Å². The third-order valence-corrected chi connectivity index (χ3v) is 2.78. The van der Waals surface area contributed by atoms with E-state index in [1.165, 1.54) is 0 Å². The first-order chi connectivity index (χ1) is 8.74. The molecule has 2 rings (SSSR count). The van der Waals surface area contributed by atoms with Crippen LogP contribution in [0.25, 0.3) is 0 Å². The van der Waals surface area contributed by atoms with Crippen molar-refractivity contribution in [1.82, 2.24) is 0 Å². The summed E-state index contributed by atoms with van der Waals surface area (Å²) < 4.78 is 10.9. The van der Waals surface area contributed by atoms with Gasteiger partial charge in [0.25, 0.3) is 0 Å². The molecular formula is C14H18N2O2. The van der Waals surface area contributed by atoms with Crippen LogP contribution >= 0.6 is 0 Å². The molecular weight excluding hydrogens is 228 g/mol. The number of ether oxygens (including phenoxy) is 1. The highest BCUT2D eigenvalue weighted by atomic mass is 16.5. The molecule has 96 valence electrons. The van der Waals surface area contributed by atoms with Crippen LogP contribution in [0, 0.1) is 6.92 Å². The monoisotopic (exact) mass is 246 g/mol. The van der Waals surface area contributed by atoms with E-state index in [1.807, 2.05) is 43.3 Å². The van der Waals surface area contributed by atoms with Gasteiger partial charge in [0, 0.05) is 6.54 Å². The number of methoxy groups -OCH3 is 1. The zero-order chi connectivity index (χ0) is 13.0. The molecule has 0 bridgehead atoms. The lowest BCUT2D eigenvalue weighted by Gasteiger charge is -2.18. The minimum absolute atomic E-state index is 0.0602. The number of anilines is 1. The molecule has 0 fully saturated rings. The fourth-order valence-electron chi connectivity index (χ4n) is 1.84. The van der Waals surface area contributed by atoms with Crippen LogP contribution in [0.2, 0.25) is 0 Å². The van der Waals surface area contributed by atoms with Crippen LogP contribution in [0.5, 0.6) is 5.75 Å². The van der Waals surface area contributed by atoms with Crippen molar-refractivity contribution in [1.29, 1.82) is 0 Å². The first-order valence-electron chi connectivity index (χ1n) is 5.90. The number of rotatable bonds is 5. The van der Waals surface area contributed by atoms with Gasteiger partial charge in [-0.1, -0.05) is 12.1 Å². The van der Waals surface area contributed by atoms with Gasteiger partial charge in [0.2, 0.25) is 0 Å². The van der Waals surface area contributed by atoms with Crippen molar-refractivity contribution < 1.29 is 9.15 Å². The number of hydrogen-bond acceptors (Lipinski definition) is 4. The van der Waals surface area contributed by atoms with E-state index in [2.05, 4.69) is 5.32 Å². The second-order valence-electron chi connectivity index (χ2n) is 4.08. The Morgan fingerprint density at radius 2 is 2.06 bits per heavy atom. The Kier molecular flexibility index (Phi) is 3.89. The predicted octanol–water partition coefficient (Wildman–Crippen LogP) is 2.71. The van der Waals surface area contributed by atoms with Crippen molar-refractivity contribution in [2.45, 2.75) is 13.0 Å². The lowest BCUT2D eigenvalue weighted by molar-refractivity contribution is 0.414. The van der Waals surface area contributed by atoms with E-state index < -0.39 is 0 Å². The van der Waals surface area contributed by atoms with Gasteiger partial charge in [0.1, 0.15) is 17.3 Å². The Hall–Kier alpha value is -1.94. The smallest absolute Gasteiger partial charge is 0.141 e. The van der Waals surface area contributed by atoms with E-state index in [-0.39, 0.29) is 6.04 Å². The SMILES string of the molecule is COc1ccccc1NC(CN)c1ccc(C)o1. The predicted molar refractivity (Wildman–Crippen MR) is 71.9 cm³/mol. The third-order valence-electron chi connectivity index (χ3n) is 2.78. The molecule has 0 spiro atoms. The van der Waals surface area contributed by atoms with Gasteiger partial charge in [0.05, 0.1) is 18.8 Å². The summed E-state index contributed by atoms with van der Waals surface area (Å²) in [6.07, 6.45) is 0. The van der Waals surface area contributed by atoms with Gasteiger partial charge in [-0.15, -0.1) is 0 Å². The zero-order valence-electron chi connectivity index (χ0n) is 10.6. The molecule has 4 heteroatoms. The molecule has 0 amide bonds. The van der Waals surface area contributed by atoms with Crippen LogP contribution in [0.3, 0.4) is 0 Å². The van der Waals surface area contributed by atoms with Gasteiger partial charge >= 0.3 is 0 Å². The highest BCUT2D eigenvalue weighted by molar-refractivity contribution is 5.57. The van der Waals surface area contributed by atoms with Crippen LogP contribution in [-0.2, 0) is 0 Å². The van der Waals surface area contributed by atoms with E-state index in [0.717, 1.165) is 23.0 Å². The molecule has 0 aliphatic rings. The molecule has 0 aliphatic heterocycles. The number of nitrogens with one attached hydrogen (secondary N) is 1. The molecule has 3 N–H and O–H groups in total. The van der Waals surface area contributed by atoms with Crippen LogP contribution < -0.4 is 15.8 Å². The summed E-state index contributed by atoms with van der Waals surface area (Å²) in [5, 5.41) is 3.33. The number of furan rings is 1. The average Bonchev–Trinajstić information content (AvgIpc) is 2.83. The summed E-state index contributed by atoms with van der Waals surface area (Å²) in [4.78, 5) is 0. The lowest BCUT2D eigenvalue weighted by Crippen LogP contribution is -2.20. The maximum atomic E-state index is 5.79. The fraction of sp³-hybridized carbons (Fsp3) is 0.286. The van der Waals surface area contributed by atoms with Gasteiger partial charge < -0.3 is 20.2 Å². The van der Waals surface area contributed by atoms with E-state index in [0.29, 0.717) is 6.54 Å². The molecule has 1 heterocycles. The normalized spacial score (nSPS) is 12.2. The largest absolute Gasteiger partial charge is 0.495 e. The molecule has 4 nitrogen and oxygen atoms in total. The van der Waals surface area contributed by atoms with Crippen molar-refractivity contribution in [2.24, 2.45) is 5.73 Å². The second-order valence-corrected chi connectivity index (χ2v) is 4.08. The first kappa shape index (κ1) is 12.5. The maximum Gasteiger partial charge on any atom is 0.141 e. The first-order valence-corrected chi connectivity index (χ1v) is 5.90. The Balaban J connectivity index is 2.20. The molecule has 0 radical (unpaired) electrons. The average molecular weight is 246 g/mol. The van der Waals surface area contributed by atoms with Crippen molar-refractivity contribution in [2.75, 3.05) is 19.0 Å². The fourth-order valence-corrected chi connectivity index (χ4v) is 1.84. The lowest BCUT2D eigenvalue weighted by atomic mass is 10.2. The minimum Gasteiger partial charge on any atom is -0.495 e. The van der Waals surface area contributed by atoms with E-state index in [9.17, 15) is 0 Å². The second kappa shape index (κ2) is 5.60. The van der Waals surface area contributed by atoms with Crippen LogP contribution in [0.1, 0.15) is 17.6 Å². The maximum absolute atomic E-state index is 5.79. The summed E-state index contributed by atoms with van der Waals surface area (Å²) in [5.41, 5.74) is 6.70. The minimum atomic E-state index is -0.0602. The van der Waals surface area contributed by atoms with Gasteiger partial charge in [-0.3, -0.25) is 0 Å². The van der Waals surface area contributed by atoms with Gasteiger partial charge in [-0.05, 0) is 31.2 Å². The number of hydrogen-bond donors (Lipinski definition) is 2. The quantitative estimate of drug-likeness (QED) is 0.851. The molecule has 1 aromatic carbocycles. The number of benzene rings is 1. The molecule has 1 atom stereocenters. The van der Waals surface area contributed by atoms with Crippen molar-refractivity contribution in [3.63, 3.8) is 0 Å². The van der Waals surface area contributed by atoms with E-state index in [4.69, 9.17) is 14.9 Å². The molecule has 1 unspecified atom stereocenters. The van der Waals surface area contributed by atoms with Crippen LogP contribution in [0.4, 0.5) is 5.69 Å². The van der Waals surface area contributed by atoms with E-state index in [1.54, 1.807) is 7.11 Å². The van der Waals surface area contributed by atoms with Crippen molar-refractivity contribution >= 4 is 5.69 Å². The van der Waals surface area contributed by atoms with Gasteiger partial charge in [-0.2, -0.15) is 0 Å². The molecule has 1 aromatic heterocycles. The third kappa shape index (κ3) is 2.65. The Morgan fingerprint density at radius 1 is 1.28 bits per heavy atom. The van der Waals surface area contributed by atoms with Crippen LogP contribution in [-0.4, -0.2) is 13.7 Å². The highest BCUT2D eigenvalue weighted by Gasteiger charge is 2.14. The molecule has 0 saturated heterocycles. The van der Waals surface area contributed by atoms with Gasteiger partial charge in [0.15, 0.2) is 0 Å². The Bertz CT molecular complexity index is 508.